The average molecular weight is 331 g/mol. The minimum atomic E-state index is -0.493. The van der Waals surface area contributed by atoms with Crippen LogP contribution in [0.15, 0.2) is 24.3 Å². The van der Waals surface area contributed by atoms with Crippen LogP contribution in [-0.4, -0.2) is 38.6 Å². The van der Waals surface area contributed by atoms with Gasteiger partial charge in [-0.2, -0.15) is 0 Å². The van der Waals surface area contributed by atoms with Crippen LogP contribution in [0.4, 0.5) is 11.4 Å². The molecule has 1 saturated heterocycles. The fourth-order valence-electron chi connectivity index (χ4n) is 3.15. The summed E-state index contributed by atoms with van der Waals surface area (Å²) in [6, 6.07) is 7.32. The Kier molecular flexibility index (Phi) is 5.16. The number of piperidine rings is 1. The molecule has 0 aromatic heterocycles. The van der Waals surface area contributed by atoms with E-state index in [1.807, 2.05) is 18.2 Å². The minimum absolute atomic E-state index is 0.0171. The number of carbonyl (C=O) groups is 2. The molecule has 2 amide bonds. The Morgan fingerprint density at radius 2 is 1.88 bits per heavy atom. The Morgan fingerprint density at radius 3 is 2.50 bits per heavy atom. The molecule has 24 heavy (non-hydrogen) atoms. The Morgan fingerprint density at radius 1 is 1.21 bits per heavy atom. The molecule has 0 unspecified atom stereocenters. The predicted octanol–water partition coefficient (Wildman–Crippen LogP) is 1.99. The number of anilines is 2. The summed E-state index contributed by atoms with van der Waals surface area (Å²) >= 11 is 0. The molecule has 0 radical (unpaired) electrons. The van der Waals surface area contributed by atoms with E-state index < -0.39 is 5.41 Å². The molecule has 6 heteroatoms. The van der Waals surface area contributed by atoms with Crippen molar-refractivity contribution >= 4 is 23.2 Å². The van der Waals surface area contributed by atoms with Gasteiger partial charge in [-0.05, 0) is 57.0 Å². The van der Waals surface area contributed by atoms with Gasteiger partial charge >= 0.3 is 0 Å². The SMILES string of the molecule is COCC1(C(=O)Nc2cccc(NC(=O)C3CC3)c2)CCNCC1. The third-order valence-corrected chi connectivity index (χ3v) is 4.80. The molecular formula is C18H25N3O3. The summed E-state index contributed by atoms with van der Waals surface area (Å²) in [5.41, 5.74) is 0.922. The molecule has 1 aliphatic carbocycles. The lowest BCUT2D eigenvalue weighted by Gasteiger charge is -2.35. The van der Waals surface area contributed by atoms with Gasteiger partial charge in [-0.15, -0.1) is 0 Å². The monoisotopic (exact) mass is 331 g/mol. The van der Waals surface area contributed by atoms with E-state index in [1.165, 1.54) is 0 Å². The smallest absolute Gasteiger partial charge is 0.233 e. The standard InChI is InChI=1S/C18H25N3O3/c1-24-12-18(7-9-19-10-8-18)17(23)21-15-4-2-3-14(11-15)20-16(22)13-5-6-13/h2-4,11,13,19H,5-10,12H2,1H3,(H,20,22)(H,21,23). The quantitative estimate of drug-likeness (QED) is 0.745. The number of nitrogens with one attached hydrogen (secondary N) is 3. The van der Waals surface area contributed by atoms with Gasteiger partial charge in [0.2, 0.25) is 11.8 Å². The van der Waals surface area contributed by atoms with E-state index >= 15 is 0 Å². The van der Waals surface area contributed by atoms with E-state index in [0.29, 0.717) is 12.3 Å². The summed E-state index contributed by atoms with van der Waals surface area (Å²) in [7, 11) is 1.63. The first-order valence-corrected chi connectivity index (χ1v) is 8.55. The van der Waals surface area contributed by atoms with Gasteiger partial charge in [0.1, 0.15) is 0 Å². The molecule has 1 saturated carbocycles. The van der Waals surface area contributed by atoms with E-state index in [0.717, 1.165) is 44.5 Å². The summed E-state index contributed by atoms with van der Waals surface area (Å²) in [5, 5.41) is 9.19. The molecule has 3 rings (SSSR count). The zero-order valence-electron chi connectivity index (χ0n) is 14.1. The molecule has 1 aromatic carbocycles. The zero-order chi connectivity index (χ0) is 17.0. The third kappa shape index (κ3) is 3.94. The van der Waals surface area contributed by atoms with Crippen molar-refractivity contribution in [2.75, 3.05) is 37.4 Å². The van der Waals surface area contributed by atoms with Gasteiger partial charge in [0.05, 0.1) is 12.0 Å². The second kappa shape index (κ2) is 7.32. The van der Waals surface area contributed by atoms with E-state index in [9.17, 15) is 9.59 Å². The minimum Gasteiger partial charge on any atom is -0.384 e. The second-order valence-corrected chi connectivity index (χ2v) is 6.76. The second-order valence-electron chi connectivity index (χ2n) is 6.76. The largest absolute Gasteiger partial charge is 0.384 e. The number of hydrogen-bond acceptors (Lipinski definition) is 4. The first kappa shape index (κ1) is 16.9. The van der Waals surface area contributed by atoms with Gasteiger partial charge in [-0.1, -0.05) is 6.07 Å². The average Bonchev–Trinajstić information content (AvgIpc) is 3.41. The van der Waals surface area contributed by atoms with Crippen molar-refractivity contribution in [2.24, 2.45) is 11.3 Å². The molecule has 0 spiro atoms. The topological polar surface area (TPSA) is 79.5 Å². The van der Waals surface area contributed by atoms with Crippen LogP contribution >= 0.6 is 0 Å². The van der Waals surface area contributed by atoms with Crippen LogP contribution < -0.4 is 16.0 Å². The lowest BCUT2D eigenvalue weighted by atomic mass is 9.78. The molecule has 0 bridgehead atoms. The van der Waals surface area contributed by atoms with Crippen LogP contribution in [0.1, 0.15) is 25.7 Å². The van der Waals surface area contributed by atoms with Crippen molar-refractivity contribution in [3.63, 3.8) is 0 Å². The van der Waals surface area contributed by atoms with Crippen LogP contribution in [0.25, 0.3) is 0 Å². The van der Waals surface area contributed by atoms with Crippen molar-refractivity contribution < 1.29 is 14.3 Å². The number of hydrogen-bond donors (Lipinski definition) is 3. The third-order valence-electron chi connectivity index (χ3n) is 4.80. The number of ether oxygens (including phenoxy) is 1. The van der Waals surface area contributed by atoms with Gasteiger partial charge < -0.3 is 20.7 Å². The fraction of sp³-hybridized carbons (Fsp3) is 0.556. The van der Waals surface area contributed by atoms with Crippen molar-refractivity contribution in [3.05, 3.63) is 24.3 Å². The molecule has 1 heterocycles. The highest BCUT2D eigenvalue weighted by atomic mass is 16.5. The highest BCUT2D eigenvalue weighted by Gasteiger charge is 2.39. The lowest BCUT2D eigenvalue weighted by Crippen LogP contribution is -2.47. The summed E-state index contributed by atoms with van der Waals surface area (Å²) in [4.78, 5) is 24.7. The maximum absolute atomic E-state index is 12.8. The van der Waals surface area contributed by atoms with Gasteiger partial charge in [-0.25, -0.2) is 0 Å². The Labute approximate surface area is 142 Å². The number of benzene rings is 1. The normalized spacial score (nSPS) is 19.5. The van der Waals surface area contributed by atoms with E-state index in [2.05, 4.69) is 16.0 Å². The zero-order valence-corrected chi connectivity index (χ0v) is 14.1. The number of rotatable bonds is 6. The highest BCUT2D eigenvalue weighted by Crippen LogP contribution is 2.32. The molecule has 1 aliphatic heterocycles. The summed E-state index contributed by atoms with van der Waals surface area (Å²) < 4.78 is 5.31. The van der Waals surface area contributed by atoms with E-state index in [4.69, 9.17) is 4.74 Å². The first-order chi connectivity index (χ1) is 11.6. The van der Waals surface area contributed by atoms with Crippen LogP contribution in [0, 0.1) is 11.3 Å². The molecule has 2 fully saturated rings. The van der Waals surface area contributed by atoms with Crippen molar-refractivity contribution in [2.45, 2.75) is 25.7 Å². The first-order valence-electron chi connectivity index (χ1n) is 8.55. The van der Waals surface area contributed by atoms with Crippen LogP contribution in [-0.2, 0) is 14.3 Å². The Hall–Kier alpha value is -1.92. The van der Waals surface area contributed by atoms with Crippen LogP contribution in [0.2, 0.25) is 0 Å². The predicted molar refractivity (Wildman–Crippen MR) is 92.8 cm³/mol. The molecule has 0 atom stereocenters. The van der Waals surface area contributed by atoms with Crippen molar-refractivity contribution in [1.29, 1.82) is 0 Å². The molecular weight excluding hydrogens is 306 g/mol. The van der Waals surface area contributed by atoms with Gasteiger partial charge in [0.15, 0.2) is 0 Å². The summed E-state index contributed by atoms with van der Waals surface area (Å²) in [6.45, 7) is 2.04. The maximum atomic E-state index is 12.8. The summed E-state index contributed by atoms with van der Waals surface area (Å²) in [5.74, 6) is 0.201. The lowest BCUT2D eigenvalue weighted by molar-refractivity contribution is -0.130. The molecule has 130 valence electrons. The number of amides is 2. The molecule has 1 aromatic rings. The number of carbonyl (C=O) groups excluding carboxylic acids is 2. The highest BCUT2D eigenvalue weighted by molar-refractivity contribution is 5.97. The Balaban J connectivity index is 1.67. The van der Waals surface area contributed by atoms with Crippen molar-refractivity contribution in [1.82, 2.24) is 5.32 Å². The van der Waals surface area contributed by atoms with E-state index in [-0.39, 0.29) is 17.7 Å². The summed E-state index contributed by atoms with van der Waals surface area (Å²) in [6.07, 6.45) is 3.45. The number of methoxy groups -OCH3 is 1. The van der Waals surface area contributed by atoms with Gasteiger partial charge in [0, 0.05) is 24.4 Å². The molecule has 2 aliphatic rings. The van der Waals surface area contributed by atoms with Crippen molar-refractivity contribution in [3.8, 4) is 0 Å². The Bertz CT molecular complexity index is 602. The van der Waals surface area contributed by atoms with Gasteiger partial charge in [0.25, 0.3) is 0 Å². The van der Waals surface area contributed by atoms with E-state index in [1.54, 1.807) is 13.2 Å². The molecule has 6 nitrogen and oxygen atoms in total. The fourth-order valence-corrected chi connectivity index (χ4v) is 3.15. The van der Waals surface area contributed by atoms with Crippen LogP contribution in [0.5, 0.6) is 0 Å². The van der Waals surface area contributed by atoms with Crippen LogP contribution in [0.3, 0.4) is 0 Å². The van der Waals surface area contributed by atoms with Gasteiger partial charge in [-0.3, -0.25) is 9.59 Å². The maximum Gasteiger partial charge on any atom is 0.233 e. The molecule has 3 N–H and O–H groups in total.